The van der Waals surface area contributed by atoms with Crippen molar-refractivity contribution in [2.75, 3.05) is 0 Å². The SMILES string of the molecule is Cc1c(-c2ccccc2)nc(CC(C)C)c(=O)n1O. The first-order valence-corrected chi connectivity index (χ1v) is 6.38. The minimum absolute atomic E-state index is 0.312. The first-order chi connectivity index (χ1) is 9.00. The molecule has 0 spiro atoms. The second-order valence-corrected chi connectivity index (χ2v) is 5.07. The van der Waals surface area contributed by atoms with Crippen molar-refractivity contribution >= 4 is 0 Å². The lowest BCUT2D eigenvalue weighted by Gasteiger charge is -2.12. The van der Waals surface area contributed by atoms with Gasteiger partial charge in [-0.05, 0) is 19.3 Å². The fourth-order valence-electron chi connectivity index (χ4n) is 2.03. The number of aromatic nitrogens is 2. The molecule has 4 nitrogen and oxygen atoms in total. The lowest BCUT2D eigenvalue weighted by molar-refractivity contribution is 0.166. The first-order valence-electron chi connectivity index (χ1n) is 6.38. The van der Waals surface area contributed by atoms with Crippen molar-refractivity contribution in [2.45, 2.75) is 27.2 Å². The molecule has 0 amide bonds. The predicted octanol–water partition coefficient (Wildman–Crippen LogP) is 2.65. The summed E-state index contributed by atoms with van der Waals surface area (Å²) in [6.45, 7) is 5.73. The molecule has 0 aliphatic rings. The van der Waals surface area contributed by atoms with Crippen LogP contribution < -0.4 is 5.56 Å². The third kappa shape index (κ3) is 2.67. The zero-order chi connectivity index (χ0) is 14.0. The van der Waals surface area contributed by atoms with E-state index in [0.29, 0.717) is 34.2 Å². The van der Waals surface area contributed by atoms with Crippen LogP contribution in [0.3, 0.4) is 0 Å². The Hall–Kier alpha value is -2.10. The van der Waals surface area contributed by atoms with Crippen LogP contribution in [-0.2, 0) is 6.42 Å². The number of hydrogen-bond acceptors (Lipinski definition) is 3. The lowest BCUT2D eigenvalue weighted by atomic mass is 10.1. The Bertz CT molecular complexity index is 631. The third-order valence-corrected chi connectivity index (χ3v) is 3.00. The van der Waals surface area contributed by atoms with E-state index in [2.05, 4.69) is 4.98 Å². The highest BCUT2D eigenvalue weighted by molar-refractivity contribution is 5.61. The molecule has 1 aromatic heterocycles. The molecule has 0 radical (unpaired) electrons. The topological polar surface area (TPSA) is 55.1 Å². The van der Waals surface area contributed by atoms with Gasteiger partial charge in [-0.15, -0.1) is 4.73 Å². The van der Waals surface area contributed by atoms with Crippen LogP contribution in [0.4, 0.5) is 0 Å². The van der Waals surface area contributed by atoms with Crippen LogP contribution >= 0.6 is 0 Å². The summed E-state index contributed by atoms with van der Waals surface area (Å²) in [5.41, 5.74) is 1.99. The molecule has 0 saturated carbocycles. The molecule has 1 N–H and O–H groups in total. The van der Waals surface area contributed by atoms with E-state index in [4.69, 9.17) is 0 Å². The summed E-state index contributed by atoms with van der Waals surface area (Å²) in [6, 6.07) is 9.57. The molecule has 2 aromatic rings. The zero-order valence-electron chi connectivity index (χ0n) is 11.4. The van der Waals surface area contributed by atoms with Gasteiger partial charge in [-0.3, -0.25) is 4.79 Å². The van der Waals surface area contributed by atoms with Gasteiger partial charge in [0.15, 0.2) is 0 Å². The first kappa shape index (κ1) is 13.3. The Morgan fingerprint density at radius 2 is 1.89 bits per heavy atom. The van der Waals surface area contributed by atoms with Crippen LogP contribution in [0, 0.1) is 12.8 Å². The summed E-state index contributed by atoms with van der Waals surface area (Å²) in [5.74, 6) is 0.312. The van der Waals surface area contributed by atoms with Crippen LogP contribution in [0.15, 0.2) is 35.1 Å². The molecule has 4 heteroatoms. The third-order valence-electron chi connectivity index (χ3n) is 3.00. The molecule has 0 aliphatic carbocycles. The number of nitrogens with zero attached hydrogens (tertiary/aromatic N) is 2. The van der Waals surface area contributed by atoms with Crippen molar-refractivity contribution in [3.8, 4) is 11.3 Å². The van der Waals surface area contributed by atoms with Gasteiger partial charge in [0.2, 0.25) is 0 Å². The Morgan fingerprint density at radius 1 is 1.26 bits per heavy atom. The summed E-state index contributed by atoms with van der Waals surface area (Å²) < 4.78 is 0.701. The standard InChI is InChI=1S/C15H18N2O2/c1-10(2)9-13-15(18)17(19)11(3)14(16-13)12-7-5-4-6-8-12/h4-8,10,19H,9H2,1-3H3. The largest absolute Gasteiger partial charge is 0.425 e. The van der Waals surface area contributed by atoms with Crippen LogP contribution in [0.2, 0.25) is 0 Å². The van der Waals surface area contributed by atoms with E-state index < -0.39 is 5.56 Å². The highest BCUT2D eigenvalue weighted by Crippen LogP contribution is 2.19. The number of rotatable bonds is 3. The Labute approximate surface area is 112 Å². The molecule has 2 rings (SSSR count). The summed E-state index contributed by atoms with van der Waals surface area (Å²) in [7, 11) is 0. The summed E-state index contributed by atoms with van der Waals surface area (Å²) in [4.78, 5) is 16.4. The van der Waals surface area contributed by atoms with Gasteiger partial charge in [0, 0.05) is 5.56 Å². The number of benzene rings is 1. The van der Waals surface area contributed by atoms with Gasteiger partial charge < -0.3 is 5.21 Å². The Balaban J connectivity index is 2.62. The van der Waals surface area contributed by atoms with Crippen molar-refractivity contribution in [2.24, 2.45) is 5.92 Å². The Kier molecular flexibility index (Phi) is 3.69. The van der Waals surface area contributed by atoms with E-state index in [1.165, 1.54) is 0 Å². The van der Waals surface area contributed by atoms with Crippen LogP contribution in [-0.4, -0.2) is 14.9 Å². The zero-order valence-corrected chi connectivity index (χ0v) is 11.4. The van der Waals surface area contributed by atoms with Gasteiger partial charge in [0.05, 0.1) is 11.4 Å². The Morgan fingerprint density at radius 3 is 2.47 bits per heavy atom. The van der Waals surface area contributed by atoms with Crippen molar-refractivity contribution in [3.63, 3.8) is 0 Å². The molecule has 1 aromatic carbocycles. The highest BCUT2D eigenvalue weighted by atomic mass is 16.5. The van der Waals surface area contributed by atoms with Crippen LogP contribution in [0.5, 0.6) is 0 Å². The van der Waals surface area contributed by atoms with Crippen molar-refractivity contribution in [1.29, 1.82) is 0 Å². The van der Waals surface area contributed by atoms with Gasteiger partial charge >= 0.3 is 5.56 Å². The summed E-state index contributed by atoms with van der Waals surface area (Å²) >= 11 is 0. The maximum atomic E-state index is 12.0. The molecule has 0 saturated heterocycles. The number of hydrogen-bond donors (Lipinski definition) is 1. The van der Waals surface area contributed by atoms with Crippen molar-refractivity contribution in [3.05, 3.63) is 52.1 Å². The molecular weight excluding hydrogens is 240 g/mol. The average Bonchev–Trinajstić information content (AvgIpc) is 2.40. The average molecular weight is 258 g/mol. The molecule has 19 heavy (non-hydrogen) atoms. The van der Waals surface area contributed by atoms with E-state index in [-0.39, 0.29) is 0 Å². The van der Waals surface area contributed by atoms with E-state index >= 15 is 0 Å². The predicted molar refractivity (Wildman–Crippen MR) is 74.4 cm³/mol. The summed E-state index contributed by atoms with van der Waals surface area (Å²) in [6.07, 6.45) is 0.555. The molecule has 100 valence electrons. The van der Waals surface area contributed by atoms with E-state index in [1.807, 2.05) is 44.2 Å². The van der Waals surface area contributed by atoms with E-state index in [0.717, 1.165) is 5.56 Å². The van der Waals surface area contributed by atoms with Gasteiger partial charge in [-0.2, -0.15) is 0 Å². The van der Waals surface area contributed by atoms with Gasteiger partial charge in [-0.1, -0.05) is 44.2 Å². The molecule has 0 aliphatic heterocycles. The lowest BCUT2D eigenvalue weighted by Crippen LogP contribution is -2.27. The molecule has 0 atom stereocenters. The van der Waals surface area contributed by atoms with Gasteiger partial charge in [-0.25, -0.2) is 4.98 Å². The fraction of sp³-hybridized carbons (Fsp3) is 0.333. The summed E-state index contributed by atoms with van der Waals surface area (Å²) in [5, 5.41) is 9.91. The second kappa shape index (κ2) is 5.26. The monoisotopic (exact) mass is 258 g/mol. The van der Waals surface area contributed by atoms with Crippen LogP contribution in [0.25, 0.3) is 11.3 Å². The molecule has 1 heterocycles. The second-order valence-electron chi connectivity index (χ2n) is 5.07. The molecule has 0 fully saturated rings. The maximum Gasteiger partial charge on any atom is 0.304 e. The van der Waals surface area contributed by atoms with Crippen LogP contribution in [0.1, 0.15) is 25.2 Å². The van der Waals surface area contributed by atoms with Crippen molar-refractivity contribution in [1.82, 2.24) is 9.71 Å². The van der Waals surface area contributed by atoms with E-state index in [1.54, 1.807) is 6.92 Å². The molecule has 0 unspecified atom stereocenters. The molecular formula is C15H18N2O2. The molecule has 0 bridgehead atoms. The minimum atomic E-state index is -0.425. The maximum absolute atomic E-state index is 12.0. The van der Waals surface area contributed by atoms with E-state index in [9.17, 15) is 10.0 Å². The van der Waals surface area contributed by atoms with Crippen molar-refractivity contribution < 1.29 is 5.21 Å². The smallest absolute Gasteiger partial charge is 0.304 e. The van der Waals surface area contributed by atoms with Gasteiger partial charge in [0.25, 0.3) is 0 Å². The van der Waals surface area contributed by atoms with Gasteiger partial charge in [0.1, 0.15) is 5.69 Å². The highest BCUT2D eigenvalue weighted by Gasteiger charge is 2.15. The minimum Gasteiger partial charge on any atom is -0.425 e. The normalized spacial score (nSPS) is 10.9. The fourth-order valence-corrected chi connectivity index (χ4v) is 2.03. The quantitative estimate of drug-likeness (QED) is 0.861.